The van der Waals surface area contributed by atoms with E-state index in [0.29, 0.717) is 42.3 Å². The van der Waals surface area contributed by atoms with Crippen LogP contribution in [0.4, 0.5) is 37.8 Å². The predicted molar refractivity (Wildman–Crippen MR) is 141 cm³/mol. The molecular formula is C27H30F6N6O. The van der Waals surface area contributed by atoms with Crippen molar-refractivity contribution in [1.29, 1.82) is 0 Å². The van der Waals surface area contributed by atoms with Gasteiger partial charge >= 0.3 is 12.4 Å². The third-order valence-electron chi connectivity index (χ3n) is 6.38. The number of benzene rings is 1. The summed E-state index contributed by atoms with van der Waals surface area (Å²) in [5.41, 5.74) is 5.06. The molecule has 1 aromatic carbocycles. The molecular weight excluding hydrogens is 538 g/mol. The number of rotatable bonds is 6. The van der Waals surface area contributed by atoms with Crippen molar-refractivity contribution in [1.82, 2.24) is 9.88 Å². The van der Waals surface area contributed by atoms with Crippen LogP contribution in [0.5, 0.6) is 0 Å². The molecule has 0 saturated carbocycles. The van der Waals surface area contributed by atoms with Crippen LogP contribution in [0.2, 0.25) is 0 Å². The molecule has 2 aliphatic heterocycles. The summed E-state index contributed by atoms with van der Waals surface area (Å²) in [5, 5.41) is 6.29. The van der Waals surface area contributed by atoms with E-state index in [1.165, 1.54) is 6.07 Å². The van der Waals surface area contributed by atoms with E-state index in [1.54, 1.807) is 18.2 Å². The molecule has 4 rings (SSSR count). The van der Waals surface area contributed by atoms with Gasteiger partial charge in [0.25, 0.3) is 0 Å². The third-order valence-corrected chi connectivity index (χ3v) is 6.38. The van der Waals surface area contributed by atoms with Crippen molar-refractivity contribution in [3.05, 3.63) is 77.1 Å². The lowest BCUT2D eigenvalue weighted by Gasteiger charge is -2.37. The molecule has 40 heavy (non-hydrogen) atoms. The summed E-state index contributed by atoms with van der Waals surface area (Å²) < 4.78 is 85.5. The van der Waals surface area contributed by atoms with Crippen LogP contribution >= 0.6 is 0 Å². The van der Waals surface area contributed by atoms with E-state index in [9.17, 15) is 26.3 Å². The summed E-state index contributed by atoms with van der Waals surface area (Å²) in [5.74, 6) is 0.483. The number of halogens is 6. The van der Waals surface area contributed by atoms with E-state index in [0.717, 1.165) is 30.6 Å². The molecule has 0 amide bonds. The summed E-state index contributed by atoms with van der Waals surface area (Å²) in [6, 6.07) is 6.91. The second-order valence-corrected chi connectivity index (χ2v) is 9.80. The van der Waals surface area contributed by atoms with Gasteiger partial charge in [0.2, 0.25) is 0 Å². The number of aromatic nitrogens is 1. The SMILES string of the molecule is CC1CN(CC2N=C(Nc3ccc(C(F)(F)F)cn3)c3ccc(C/C(=C\C=C/N)C(F)(F)F)cc3N2)CC(C)O1. The van der Waals surface area contributed by atoms with Gasteiger partial charge in [0.15, 0.2) is 0 Å². The van der Waals surface area contributed by atoms with E-state index in [-0.39, 0.29) is 24.4 Å². The van der Waals surface area contributed by atoms with Crippen LogP contribution < -0.4 is 16.4 Å². The first-order chi connectivity index (χ1) is 18.8. The Balaban J connectivity index is 1.64. The molecule has 216 valence electrons. The van der Waals surface area contributed by atoms with Crippen LogP contribution in [0.15, 0.2) is 65.4 Å². The molecule has 1 saturated heterocycles. The van der Waals surface area contributed by atoms with Gasteiger partial charge in [0.1, 0.15) is 17.8 Å². The Hall–Kier alpha value is -3.58. The Labute approximate surface area is 227 Å². The highest BCUT2D eigenvalue weighted by molar-refractivity contribution is 6.12. The van der Waals surface area contributed by atoms with Crippen molar-refractivity contribution in [2.75, 3.05) is 30.3 Å². The number of anilines is 2. The molecule has 1 aromatic heterocycles. The van der Waals surface area contributed by atoms with E-state index in [1.807, 2.05) is 13.8 Å². The fourth-order valence-electron chi connectivity index (χ4n) is 4.73. The molecule has 0 aliphatic carbocycles. The van der Waals surface area contributed by atoms with Gasteiger partial charge < -0.3 is 21.1 Å². The van der Waals surface area contributed by atoms with Crippen molar-refractivity contribution < 1.29 is 31.1 Å². The molecule has 0 radical (unpaired) electrons. The fraction of sp³-hybridized carbons (Fsp3) is 0.407. The number of nitrogens with one attached hydrogen (secondary N) is 2. The van der Waals surface area contributed by atoms with Crippen molar-refractivity contribution in [3.63, 3.8) is 0 Å². The third kappa shape index (κ3) is 7.54. The molecule has 3 atom stereocenters. The van der Waals surface area contributed by atoms with Gasteiger partial charge in [-0.3, -0.25) is 4.90 Å². The smallest absolute Gasteiger partial charge is 0.405 e. The Morgan fingerprint density at radius 1 is 1.12 bits per heavy atom. The Morgan fingerprint density at radius 2 is 1.85 bits per heavy atom. The van der Waals surface area contributed by atoms with E-state index < -0.39 is 29.7 Å². The lowest BCUT2D eigenvalue weighted by molar-refractivity contribution is -0.137. The number of hydrogen-bond acceptors (Lipinski definition) is 7. The quantitative estimate of drug-likeness (QED) is 0.323. The fourth-order valence-corrected chi connectivity index (χ4v) is 4.73. The molecule has 4 N–H and O–H groups in total. The molecule has 3 heterocycles. The topological polar surface area (TPSA) is 87.8 Å². The Bertz CT molecular complexity index is 1260. The monoisotopic (exact) mass is 568 g/mol. The first-order valence-corrected chi connectivity index (χ1v) is 12.6. The van der Waals surface area contributed by atoms with Gasteiger partial charge in [0, 0.05) is 49.1 Å². The second kappa shape index (κ2) is 11.9. The molecule has 1 fully saturated rings. The number of aliphatic imine (C=N–C) groups is 1. The molecule has 13 heteroatoms. The highest BCUT2D eigenvalue weighted by Gasteiger charge is 2.34. The van der Waals surface area contributed by atoms with Gasteiger partial charge in [0.05, 0.1) is 17.8 Å². The Morgan fingerprint density at radius 3 is 2.45 bits per heavy atom. The summed E-state index contributed by atoms with van der Waals surface area (Å²) in [6.07, 6.45) is -6.10. The number of ether oxygens (including phenoxy) is 1. The molecule has 3 unspecified atom stereocenters. The van der Waals surface area contributed by atoms with Crippen molar-refractivity contribution >= 4 is 17.3 Å². The van der Waals surface area contributed by atoms with Crippen LogP contribution in [0.1, 0.15) is 30.5 Å². The largest absolute Gasteiger partial charge is 0.417 e. The van der Waals surface area contributed by atoms with Crippen molar-refractivity contribution in [3.8, 4) is 0 Å². The zero-order valence-electron chi connectivity index (χ0n) is 21.9. The van der Waals surface area contributed by atoms with Gasteiger partial charge in [-0.15, -0.1) is 0 Å². The minimum atomic E-state index is -4.54. The maximum atomic E-state index is 13.6. The molecule has 0 bridgehead atoms. The number of alkyl halides is 6. The normalized spacial score (nSPS) is 22.6. The minimum absolute atomic E-state index is 0.0132. The highest BCUT2D eigenvalue weighted by Crippen LogP contribution is 2.32. The highest BCUT2D eigenvalue weighted by atomic mass is 19.4. The molecule has 7 nitrogen and oxygen atoms in total. The number of pyridine rings is 1. The number of allylic oxidation sites excluding steroid dienone is 3. The maximum Gasteiger partial charge on any atom is 0.417 e. The number of nitrogens with two attached hydrogens (primary N) is 1. The first kappa shape index (κ1) is 29.4. The van der Waals surface area contributed by atoms with Gasteiger partial charge in [-0.2, -0.15) is 26.3 Å². The number of hydrogen-bond donors (Lipinski definition) is 3. The number of nitrogens with zero attached hydrogens (tertiary/aromatic N) is 3. The second-order valence-electron chi connectivity index (χ2n) is 9.80. The average molecular weight is 569 g/mol. The summed E-state index contributed by atoms with van der Waals surface area (Å²) in [4.78, 5) is 10.8. The number of morpholine rings is 1. The van der Waals surface area contributed by atoms with E-state index >= 15 is 0 Å². The number of amidine groups is 1. The summed E-state index contributed by atoms with van der Waals surface area (Å²) in [7, 11) is 0. The van der Waals surface area contributed by atoms with Crippen LogP contribution in [0, 0.1) is 0 Å². The van der Waals surface area contributed by atoms with E-state index in [2.05, 4.69) is 20.5 Å². The Kier molecular flexibility index (Phi) is 8.74. The molecule has 2 aliphatic rings. The van der Waals surface area contributed by atoms with Gasteiger partial charge in [-0.1, -0.05) is 12.1 Å². The lowest BCUT2D eigenvalue weighted by Crippen LogP contribution is -2.49. The first-order valence-electron chi connectivity index (χ1n) is 12.6. The van der Waals surface area contributed by atoms with Crippen LogP contribution in [-0.4, -0.2) is 59.9 Å². The standard InChI is InChI=1S/C27H30F6N6O/c1-16-13-39(14-17(2)40-16)15-24-36-22-11-18(10-19(4-3-9-34)26(28,29)30)5-7-21(22)25(38-24)37-23-8-6-20(12-35-23)27(31,32)33/h3-9,11-12,16-17,24,36H,10,13-15,34H2,1-2H3,(H,35,37,38)/b9-3-,19-4+. The van der Waals surface area contributed by atoms with Crippen molar-refractivity contribution in [2.24, 2.45) is 10.7 Å². The summed E-state index contributed by atoms with van der Waals surface area (Å²) >= 11 is 0. The maximum absolute atomic E-state index is 13.6. The van der Waals surface area contributed by atoms with Crippen LogP contribution in [-0.2, 0) is 17.3 Å². The predicted octanol–water partition coefficient (Wildman–Crippen LogP) is 5.32. The van der Waals surface area contributed by atoms with Crippen LogP contribution in [0.25, 0.3) is 0 Å². The molecule has 0 spiro atoms. The van der Waals surface area contributed by atoms with Crippen LogP contribution in [0.3, 0.4) is 0 Å². The lowest BCUT2D eigenvalue weighted by atomic mass is 9.99. The zero-order chi connectivity index (χ0) is 29.1. The molecule has 2 aromatic rings. The van der Waals surface area contributed by atoms with Gasteiger partial charge in [-0.05, 0) is 56.0 Å². The number of fused-ring (bicyclic) bond motifs is 1. The zero-order valence-corrected chi connectivity index (χ0v) is 21.9. The van der Waals surface area contributed by atoms with Crippen molar-refractivity contribution in [2.45, 2.75) is 51.0 Å². The van der Waals surface area contributed by atoms with E-state index in [4.69, 9.17) is 15.5 Å². The summed E-state index contributed by atoms with van der Waals surface area (Å²) in [6.45, 7) is 5.75. The van der Waals surface area contributed by atoms with Gasteiger partial charge in [-0.25, -0.2) is 9.98 Å². The average Bonchev–Trinajstić information content (AvgIpc) is 2.85. The minimum Gasteiger partial charge on any atom is -0.405 e.